The van der Waals surface area contributed by atoms with Gasteiger partial charge in [-0.15, -0.1) is 0 Å². The first-order valence-electron chi connectivity index (χ1n) is 7.61. The molecule has 0 N–H and O–H groups in total. The monoisotopic (exact) mass is 471 g/mol. The highest BCUT2D eigenvalue weighted by Gasteiger charge is 2.34. The van der Waals surface area contributed by atoms with Gasteiger partial charge < -0.3 is 4.90 Å². The van der Waals surface area contributed by atoms with Gasteiger partial charge in [0.2, 0.25) is 0 Å². The van der Waals surface area contributed by atoms with E-state index in [0.29, 0.717) is 19.1 Å². The number of nitriles is 1. The molecule has 0 radical (unpaired) electrons. The number of nitrogens with zero attached hydrogens (tertiary/aromatic N) is 5. The Morgan fingerprint density at radius 2 is 1.76 bits per heavy atom. The van der Waals surface area contributed by atoms with Gasteiger partial charge in [-0.2, -0.15) is 32.3 Å². The van der Waals surface area contributed by atoms with Crippen LogP contribution >= 0.6 is 35.0 Å². The molecule has 0 aliphatic carbocycles. The molecule has 1 aromatic heterocycles. The number of benzene rings is 1. The van der Waals surface area contributed by atoms with Crippen molar-refractivity contribution in [3.8, 4) is 11.8 Å². The van der Waals surface area contributed by atoms with E-state index < -0.39 is 32.7 Å². The van der Waals surface area contributed by atoms with Gasteiger partial charge in [0.1, 0.15) is 11.8 Å². The van der Waals surface area contributed by atoms with E-state index in [1.54, 1.807) is 20.2 Å². The molecule has 0 atom stereocenters. The van der Waals surface area contributed by atoms with Crippen molar-refractivity contribution in [2.45, 2.75) is 23.3 Å². The van der Waals surface area contributed by atoms with Crippen LogP contribution in [0.5, 0.6) is 0 Å². The zero-order valence-corrected chi connectivity index (χ0v) is 17.4. The molecule has 13 heteroatoms. The van der Waals surface area contributed by atoms with Crippen molar-refractivity contribution in [2.24, 2.45) is 4.99 Å². The number of hydrogen-bond donors (Lipinski definition) is 0. The number of thioether (sulfide) groups is 1. The first kappa shape index (κ1) is 23.3. The number of aliphatic imine (C=N–C) groups is 1. The topological polar surface area (TPSA) is 57.2 Å². The van der Waals surface area contributed by atoms with Crippen LogP contribution in [0.25, 0.3) is 5.69 Å². The van der Waals surface area contributed by atoms with E-state index in [-0.39, 0.29) is 28.2 Å². The average Bonchev–Trinajstić information content (AvgIpc) is 2.87. The highest BCUT2D eigenvalue weighted by Crippen LogP contribution is 2.45. The first-order valence-corrected chi connectivity index (χ1v) is 9.19. The molecule has 0 saturated carbocycles. The number of alkyl halides is 5. The number of rotatable bonds is 5. The van der Waals surface area contributed by atoms with E-state index >= 15 is 0 Å². The van der Waals surface area contributed by atoms with Gasteiger partial charge in [0.05, 0.1) is 26.8 Å². The molecule has 0 aliphatic heterocycles. The summed E-state index contributed by atoms with van der Waals surface area (Å²) in [7, 11) is 3.21. The molecule has 0 aliphatic rings. The second-order valence-electron chi connectivity index (χ2n) is 5.93. The van der Waals surface area contributed by atoms with Gasteiger partial charge in [-0.05, 0) is 23.9 Å². The summed E-state index contributed by atoms with van der Waals surface area (Å²) in [4.78, 5) is 5.26. The summed E-state index contributed by atoms with van der Waals surface area (Å²) < 4.78 is 67.1. The zero-order chi connectivity index (χ0) is 22.1. The molecule has 0 saturated heterocycles. The van der Waals surface area contributed by atoms with E-state index in [1.165, 1.54) is 11.2 Å². The summed E-state index contributed by atoms with van der Waals surface area (Å²) >= 11 is 12.0. The van der Waals surface area contributed by atoms with Crippen molar-refractivity contribution in [2.75, 3.05) is 14.1 Å². The fraction of sp³-hybridized carbons (Fsp3) is 0.312. The van der Waals surface area contributed by atoms with Gasteiger partial charge in [0, 0.05) is 21.0 Å². The van der Waals surface area contributed by atoms with Gasteiger partial charge in [0.25, 0.3) is 5.25 Å². The van der Waals surface area contributed by atoms with Crippen LogP contribution in [0.4, 0.5) is 27.8 Å². The molecule has 29 heavy (non-hydrogen) atoms. The highest BCUT2D eigenvalue weighted by molar-refractivity contribution is 8.00. The van der Waals surface area contributed by atoms with Crippen molar-refractivity contribution >= 4 is 47.1 Å². The molecule has 2 rings (SSSR count). The smallest absolute Gasteiger partial charge is 0.369 e. The molecule has 2 aromatic rings. The zero-order valence-electron chi connectivity index (χ0n) is 15.0. The third kappa shape index (κ3) is 5.52. The Labute approximate surface area is 176 Å². The van der Waals surface area contributed by atoms with Crippen molar-refractivity contribution in [1.82, 2.24) is 14.7 Å². The third-order valence-corrected chi connectivity index (χ3v) is 4.69. The van der Waals surface area contributed by atoms with Crippen molar-refractivity contribution in [1.29, 1.82) is 5.26 Å². The Kier molecular flexibility index (Phi) is 6.71. The van der Waals surface area contributed by atoms with Crippen LogP contribution in [0, 0.1) is 11.3 Å². The Morgan fingerprint density at radius 1 is 1.21 bits per heavy atom. The summed E-state index contributed by atoms with van der Waals surface area (Å²) in [5.41, 5.74) is -1.73. The average molecular weight is 472 g/mol. The minimum Gasteiger partial charge on any atom is -0.369 e. The largest absolute Gasteiger partial charge is 0.416 e. The van der Waals surface area contributed by atoms with Gasteiger partial charge >= 0.3 is 6.18 Å². The van der Waals surface area contributed by atoms with Crippen LogP contribution < -0.4 is 0 Å². The summed E-state index contributed by atoms with van der Waals surface area (Å²) in [6.45, 7) is 0.619. The van der Waals surface area contributed by atoms with E-state index in [9.17, 15) is 27.2 Å². The normalized spacial score (nSPS) is 12.4. The molecule has 0 amide bonds. The highest BCUT2D eigenvalue weighted by atomic mass is 35.5. The van der Waals surface area contributed by atoms with Crippen LogP contribution in [-0.4, -0.2) is 40.4 Å². The molecule has 0 spiro atoms. The molecule has 0 unspecified atom stereocenters. The van der Waals surface area contributed by atoms with Crippen LogP contribution in [0.2, 0.25) is 10.0 Å². The van der Waals surface area contributed by atoms with Crippen LogP contribution in [-0.2, 0) is 6.18 Å². The second-order valence-corrected chi connectivity index (χ2v) is 8.07. The Bertz CT molecular complexity index is 966. The summed E-state index contributed by atoms with van der Waals surface area (Å²) in [5, 5.41) is 9.02. The van der Waals surface area contributed by atoms with Gasteiger partial charge in [-0.3, -0.25) is 0 Å². The van der Waals surface area contributed by atoms with Gasteiger partial charge in [-0.1, -0.05) is 23.2 Å². The van der Waals surface area contributed by atoms with Gasteiger partial charge in [-0.25, -0.2) is 9.67 Å². The summed E-state index contributed by atoms with van der Waals surface area (Å²) in [6, 6.07) is 2.92. The molecule has 0 bridgehead atoms. The molecular formula is C16H12Cl2F5N5S. The van der Waals surface area contributed by atoms with E-state index in [0.717, 1.165) is 4.68 Å². The molecule has 1 heterocycles. The molecule has 0 fully saturated rings. The lowest BCUT2D eigenvalue weighted by Crippen LogP contribution is -2.09. The maximum atomic E-state index is 13.6. The Balaban J connectivity index is 2.81. The van der Waals surface area contributed by atoms with E-state index in [2.05, 4.69) is 10.1 Å². The summed E-state index contributed by atoms with van der Waals surface area (Å²) in [5.74, 6) is -0.231. The fourth-order valence-electron chi connectivity index (χ4n) is 2.11. The Morgan fingerprint density at radius 3 is 2.17 bits per heavy atom. The van der Waals surface area contributed by atoms with Crippen molar-refractivity contribution < 1.29 is 22.0 Å². The van der Waals surface area contributed by atoms with E-state index in [4.69, 9.17) is 23.2 Å². The standard InChI is InChI=1S/C16H12Cl2F5N5S/c1-15(19,20)29-13-11(6-24)26-28(14(13)25-7-27(2)3)12-9(17)4-8(5-10(12)18)16(21,22)23/h4-5,7H,1-3H3. The quantitative estimate of drug-likeness (QED) is 0.232. The van der Waals surface area contributed by atoms with Crippen LogP contribution in [0.1, 0.15) is 18.2 Å². The lowest BCUT2D eigenvalue weighted by molar-refractivity contribution is -0.137. The minimum atomic E-state index is -4.70. The van der Waals surface area contributed by atoms with Crippen molar-refractivity contribution in [3.05, 3.63) is 33.4 Å². The van der Waals surface area contributed by atoms with Gasteiger partial charge in [0.15, 0.2) is 11.5 Å². The lowest BCUT2D eigenvalue weighted by Gasteiger charge is -2.14. The number of hydrogen-bond acceptors (Lipinski definition) is 4. The van der Waals surface area contributed by atoms with Crippen LogP contribution in [0.3, 0.4) is 0 Å². The summed E-state index contributed by atoms with van der Waals surface area (Å²) in [6.07, 6.45) is -3.46. The minimum absolute atomic E-state index is 0.0273. The molecule has 1 aromatic carbocycles. The predicted octanol–water partition coefficient (Wildman–Crippen LogP) is 6.00. The first-order chi connectivity index (χ1) is 13.2. The molecular weight excluding hydrogens is 460 g/mol. The maximum absolute atomic E-state index is 13.6. The Hall–Kier alpha value is -2.03. The third-order valence-electron chi connectivity index (χ3n) is 3.17. The predicted molar refractivity (Wildman–Crippen MR) is 102 cm³/mol. The lowest BCUT2D eigenvalue weighted by atomic mass is 10.2. The van der Waals surface area contributed by atoms with Crippen LogP contribution in [0.15, 0.2) is 22.0 Å². The van der Waals surface area contributed by atoms with Crippen molar-refractivity contribution in [3.63, 3.8) is 0 Å². The maximum Gasteiger partial charge on any atom is 0.416 e. The van der Waals surface area contributed by atoms with E-state index in [1.807, 2.05) is 0 Å². The SMILES string of the molecule is CN(C)C=Nc1c(SC(C)(F)F)c(C#N)nn1-c1c(Cl)cc(C(F)(F)F)cc1Cl. The molecule has 5 nitrogen and oxygen atoms in total. The second kappa shape index (κ2) is 8.38. The number of aromatic nitrogens is 2. The fourth-order valence-corrected chi connectivity index (χ4v) is 3.53. The number of halogens is 7. The molecule has 156 valence electrons.